The van der Waals surface area contributed by atoms with Gasteiger partial charge in [-0.05, 0) is 37.2 Å². The average Bonchev–Trinajstić information content (AvgIpc) is 2.48. The van der Waals surface area contributed by atoms with Crippen LogP contribution in [-0.4, -0.2) is 5.91 Å². The Bertz CT molecular complexity index is 448. The maximum atomic E-state index is 12.3. The van der Waals surface area contributed by atoms with Crippen molar-refractivity contribution in [3.05, 3.63) is 48.6 Å². The monoisotopic (exact) mass is 271 g/mol. The van der Waals surface area contributed by atoms with Gasteiger partial charge in [0.1, 0.15) is 0 Å². The number of primary amides is 1. The number of amides is 1. The summed E-state index contributed by atoms with van der Waals surface area (Å²) >= 11 is 0. The Balaban J connectivity index is 2.30. The summed E-state index contributed by atoms with van der Waals surface area (Å²) in [6, 6.07) is 10.2. The summed E-state index contributed by atoms with van der Waals surface area (Å²) in [5.41, 5.74) is 6.59. The van der Waals surface area contributed by atoms with Gasteiger partial charge in [0.25, 0.3) is 0 Å². The molecule has 0 spiro atoms. The largest absolute Gasteiger partial charge is 0.369 e. The molecule has 0 saturated heterocycles. The van der Waals surface area contributed by atoms with Crippen LogP contribution in [0.2, 0.25) is 0 Å². The Hall–Kier alpha value is -1.57. The van der Waals surface area contributed by atoms with Gasteiger partial charge in [-0.1, -0.05) is 55.7 Å². The third-order valence-corrected chi connectivity index (χ3v) is 4.75. The maximum Gasteiger partial charge on any atom is 0.224 e. The van der Waals surface area contributed by atoms with Crippen LogP contribution in [0.5, 0.6) is 0 Å². The molecule has 1 amide bonds. The number of allylic oxidation sites excluding steroid dienone is 1. The first-order valence-corrected chi connectivity index (χ1v) is 7.64. The third-order valence-electron chi connectivity index (χ3n) is 4.75. The highest BCUT2D eigenvalue weighted by molar-refractivity contribution is 5.81. The van der Waals surface area contributed by atoms with Crippen molar-refractivity contribution in [3.8, 4) is 0 Å². The molecule has 0 radical (unpaired) electrons. The molecule has 0 aliphatic heterocycles. The van der Waals surface area contributed by atoms with Crippen LogP contribution in [0.25, 0.3) is 0 Å². The first-order chi connectivity index (χ1) is 9.69. The second-order valence-corrected chi connectivity index (χ2v) is 6.01. The lowest BCUT2D eigenvalue weighted by atomic mass is 9.63. The number of carbonyl (C=O) groups is 1. The number of benzene rings is 1. The molecule has 0 bridgehead atoms. The lowest BCUT2D eigenvalue weighted by molar-refractivity contribution is -0.131. The molecular formula is C18H25NO. The maximum absolute atomic E-state index is 12.3. The van der Waals surface area contributed by atoms with Gasteiger partial charge in [-0.3, -0.25) is 4.79 Å². The van der Waals surface area contributed by atoms with Crippen molar-refractivity contribution in [1.82, 2.24) is 0 Å². The molecule has 0 aromatic heterocycles. The summed E-state index contributed by atoms with van der Waals surface area (Å²) in [5.74, 6) is 0.236. The highest BCUT2D eigenvalue weighted by atomic mass is 16.1. The van der Waals surface area contributed by atoms with Crippen LogP contribution in [0, 0.1) is 11.3 Å². The summed E-state index contributed by atoms with van der Waals surface area (Å²) < 4.78 is 0. The van der Waals surface area contributed by atoms with Crippen LogP contribution in [0.1, 0.15) is 44.1 Å². The fraction of sp³-hybridized carbons (Fsp3) is 0.500. The number of nitrogens with two attached hydrogens (primary N) is 1. The van der Waals surface area contributed by atoms with E-state index in [-0.39, 0.29) is 5.91 Å². The van der Waals surface area contributed by atoms with E-state index in [1.807, 2.05) is 24.3 Å². The zero-order chi connectivity index (χ0) is 14.4. The molecule has 1 aliphatic rings. The van der Waals surface area contributed by atoms with Crippen molar-refractivity contribution in [1.29, 1.82) is 0 Å². The van der Waals surface area contributed by atoms with Crippen LogP contribution in [0.4, 0.5) is 0 Å². The van der Waals surface area contributed by atoms with E-state index in [0.29, 0.717) is 12.3 Å². The van der Waals surface area contributed by atoms with Gasteiger partial charge < -0.3 is 5.73 Å². The Kier molecular flexibility index (Phi) is 4.99. The zero-order valence-corrected chi connectivity index (χ0v) is 12.2. The van der Waals surface area contributed by atoms with Gasteiger partial charge in [0.05, 0.1) is 5.41 Å². The SMILES string of the molecule is C=CCC(Cc1ccccc1)(C(N)=O)C1CCCCC1. The van der Waals surface area contributed by atoms with E-state index >= 15 is 0 Å². The molecule has 1 aromatic rings. The van der Waals surface area contributed by atoms with Crippen molar-refractivity contribution in [2.75, 3.05) is 0 Å². The van der Waals surface area contributed by atoms with E-state index in [2.05, 4.69) is 18.7 Å². The number of carbonyl (C=O) groups excluding carboxylic acids is 1. The average molecular weight is 271 g/mol. The van der Waals surface area contributed by atoms with Crippen LogP contribution in [0.3, 0.4) is 0 Å². The Morgan fingerprint density at radius 2 is 1.90 bits per heavy atom. The van der Waals surface area contributed by atoms with Crippen LogP contribution >= 0.6 is 0 Å². The second kappa shape index (κ2) is 6.74. The minimum Gasteiger partial charge on any atom is -0.369 e. The van der Waals surface area contributed by atoms with Crippen molar-refractivity contribution >= 4 is 5.91 Å². The predicted molar refractivity (Wildman–Crippen MR) is 83.2 cm³/mol. The lowest BCUT2D eigenvalue weighted by Crippen LogP contribution is -2.45. The van der Waals surface area contributed by atoms with Crippen molar-refractivity contribution in [3.63, 3.8) is 0 Å². The molecule has 1 fully saturated rings. The summed E-state index contributed by atoms with van der Waals surface area (Å²) in [5, 5.41) is 0. The first kappa shape index (κ1) is 14.8. The van der Waals surface area contributed by atoms with Gasteiger partial charge in [-0.2, -0.15) is 0 Å². The van der Waals surface area contributed by atoms with Crippen LogP contribution in [0.15, 0.2) is 43.0 Å². The summed E-state index contributed by atoms with van der Waals surface area (Å²) in [4.78, 5) is 12.3. The molecule has 1 saturated carbocycles. The fourth-order valence-electron chi connectivity index (χ4n) is 3.64. The Labute approximate surface area is 122 Å². The zero-order valence-electron chi connectivity index (χ0n) is 12.2. The van der Waals surface area contributed by atoms with Crippen LogP contribution in [-0.2, 0) is 11.2 Å². The lowest BCUT2D eigenvalue weighted by Gasteiger charge is -2.40. The minimum absolute atomic E-state index is 0.159. The molecule has 2 N–H and O–H groups in total. The van der Waals surface area contributed by atoms with Gasteiger partial charge in [0.2, 0.25) is 5.91 Å². The summed E-state index contributed by atoms with van der Waals surface area (Å²) in [6.07, 6.45) is 9.22. The van der Waals surface area contributed by atoms with Gasteiger partial charge in [0.15, 0.2) is 0 Å². The minimum atomic E-state index is -0.455. The van der Waals surface area contributed by atoms with Crippen LogP contribution < -0.4 is 5.73 Å². The highest BCUT2D eigenvalue weighted by Gasteiger charge is 2.43. The molecule has 1 aliphatic carbocycles. The van der Waals surface area contributed by atoms with Gasteiger partial charge in [-0.25, -0.2) is 0 Å². The molecule has 0 heterocycles. The quantitative estimate of drug-likeness (QED) is 0.784. The molecule has 1 unspecified atom stereocenters. The molecule has 2 rings (SSSR count). The van der Waals surface area contributed by atoms with E-state index in [0.717, 1.165) is 19.3 Å². The number of hydrogen-bond acceptors (Lipinski definition) is 1. The number of hydrogen-bond donors (Lipinski definition) is 1. The fourth-order valence-corrected chi connectivity index (χ4v) is 3.64. The highest BCUT2D eigenvalue weighted by Crippen LogP contribution is 2.43. The number of rotatable bonds is 6. The van der Waals surface area contributed by atoms with Gasteiger partial charge in [-0.15, -0.1) is 6.58 Å². The van der Waals surface area contributed by atoms with E-state index in [4.69, 9.17) is 5.73 Å². The Morgan fingerprint density at radius 1 is 1.25 bits per heavy atom. The molecular weight excluding hydrogens is 246 g/mol. The topological polar surface area (TPSA) is 43.1 Å². The second-order valence-electron chi connectivity index (χ2n) is 6.01. The van der Waals surface area contributed by atoms with E-state index < -0.39 is 5.41 Å². The normalized spacial score (nSPS) is 19.2. The molecule has 1 aromatic carbocycles. The summed E-state index contributed by atoms with van der Waals surface area (Å²) in [6.45, 7) is 3.86. The van der Waals surface area contributed by atoms with Crippen molar-refractivity contribution in [2.45, 2.75) is 44.9 Å². The third kappa shape index (κ3) is 3.12. The van der Waals surface area contributed by atoms with E-state index in [1.165, 1.54) is 24.8 Å². The smallest absolute Gasteiger partial charge is 0.224 e. The molecule has 108 valence electrons. The molecule has 2 nitrogen and oxygen atoms in total. The van der Waals surface area contributed by atoms with Crippen molar-refractivity contribution in [2.24, 2.45) is 17.1 Å². The molecule has 20 heavy (non-hydrogen) atoms. The summed E-state index contributed by atoms with van der Waals surface area (Å²) in [7, 11) is 0. The first-order valence-electron chi connectivity index (χ1n) is 7.64. The van der Waals surface area contributed by atoms with Gasteiger partial charge >= 0.3 is 0 Å². The van der Waals surface area contributed by atoms with Crippen molar-refractivity contribution < 1.29 is 4.79 Å². The molecule has 2 heteroatoms. The van der Waals surface area contributed by atoms with Gasteiger partial charge in [0, 0.05) is 0 Å². The van der Waals surface area contributed by atoms with E-state index in [9.17, 15) is 4.79 Å². The predicted octanol–water partition coefficient (Wildman–Crippen LogP) is 3.86. The Morgan fingerprint density at radius 3 is 2.45 bits per heavy atom. The molecule has 1 atom stereocenters. The van der Waals surface area contributed by atoms with E-state index in [1.54, 1.807) is 0 Å². The standard InChI is InChI=1S/C18H25NO/c1-2-13-18(17(19)20,16-11-7-4-8-12-16)14-15-9-5-3-6-10-15/h2-3,5-6,9-10,16H,1,4,7-8,11-14H2,(H2,19,20).